The van der Waals surface area contributed by atoms with Gasteiger partial charge in [-0.25, -0.2) is 92.3 Å². The van der Waals surface area contributed by atoms with Gasteiger partial charge < -0.3 is 70.6 Å². The summed E-state index contributed by atoms with van der Waals surface area (Å²) in [5.41, 5.74) is 22.0. The van der Waals surface area contributed by atoms with Gasteiger partial charge in [0.25, 0.3) is 0 Å². The average molecular weight is 1980 g/mol. The zero-order valence-electron chi connectivity index (χ0n) is 80.0. The van der Waals surface area contributed by atoms with Crippen LogP contribution in [-0.4, -0.2) is 166 Å². The molecule has 4 unspecified atom stereocenters. The van der Waals surface area contributed by atoms with E-state index in [9.17, 15) is 60.2 Å². The van der Waals surface area contributed by atoms with E-state index in [4.69, 9.17) is 61.6 Å². The number of hydrogen-bond donors (Lipinski definition) is 7. The topological polar surface area (TPSA) is 492 Å². The molecule has 2 amide bonds. The Balaban J connectivity index is 0.000000163. The van der Waals surface area contributed by atoms with Gasteiger partial charge in [0, 0.05) is 107 Å². The van der Waals surface area contributed by atoms with Crippen LogP contribution in [0.25, 0.3) is 43.5 Å². The second kappa shape index (κ2) is 42.8. The molecule has 748 valence electrons. The summed E-state index contributed by atoms with van der Waals surface area (Å²) in [4.78, 5) is 94.6. The normalized spacial score (nSPS) is 17.6. The number of esters is 1. The molecule has 12 aromatic rings. The van der Waals surface area contributed by atoms with Crippen LogP contribution in [0.2, 0.25) is 5.15 Å². The lowest BCUT2D eigenvalue weighted by molar-refractivity contribution is 0.0440. The zero-order valence-corrected chi connectivity index (χ0v) is 80.8. The predicted molar refractivity (Wildman–Crippen MR) is 500 cm³/mol. The molecule has 8 N–H and O–H groups in total. The average Bonchev–Trinajstić information content (AvgIpc) is 1.62. The first kappa shape index (κ1) is 105. The number of nitrogens with two attached hydrogens (primary N) is 1. The van der Waals surface area contributed by atoms with Crippen LogP contribution in [0.1, 0.15) is 253 Å². The molecule has 47 heteroatoms. The molecule has 4 aromatic carbocycles. The van der Waals surface area contributed by atoms with E-state index >= 15 is 8.78 Å². The van der Waals surface area contributed by atoms with E-state index < -0.39 is 128 Å². The maximum absolute atomic E-state index is 15.2. The number of aromatic carboxylic acids is 1. The second-order valence-electron chi connectivity index (χ2n) is 37.0. The second-order valence-corrected chi connectivity index (χ2v) is 37.3. The van der Waals surface area contributed by atoms with Crippen molar-refractivity contribution in [3.63, 3.8) is 0 Å². The monoisotopic (exact) mass is 1980 g/mol. The summed E-state index contributed by atoms with van der Waals surface area (Å²) in [5, 5.41) is 47.4. The number of ether oxygens (including phenoxy) is 7. The van der Waals surface area contributed by atoms with Crippen molar-refractivity contribution in [1.29, 1.82) is 0 Å². The number of nitrogens with zero attached hydrogens (tertiary/aromatic N) is 18. The van der Waals surface area contributed by atoms with Gasteiger partial charge in [0.2, 0.25) is 0 Å². The summed E-state index contributed by atoms with van der Waals surface area (Å²) in [6, 6.07) is 7.89. The number of Topliss-reactive ketones (excluding diaryl/α,β-unsaturated/α-hetero) is 2. The van der Waals surface area contributed by atoms with Crippen LogP contribution < -0.4 is 51.3 Å². The lowest BCUT2D eigenvalue weighted by Crippen LogP contribution is -2.45. The van der Waals surface area contributed by atoms with E-state index in [-0.39, 0.29) is 119 Å². The van der Waals surface area contributed by atoms with Gasteiger partial charge in [-0.1, -0.05) is 35.7 Å². The first-order valence-corrected chi connectivity index (χ1v) is 45.1. The summed E-state index contributed by atoms with van der Waals surface area (Å²) < 4.78 is 161. The van der Waals surface area contributed by atoms with Crippen molar-refractivity contribution in [3.05, 3.63) is 237 Å². The molecule has 8 atom stereocenters. The van der Waals surface area contributed by atoms with Gasteiger partial charge in [-0.05, 0) is 176 Å². The standard InChI is InChI=1S/C27H33F2N5O4.C24H27F2N5O5.C22H23F2N7O2.C12H14F2N4O.C9H8ClN3O2/c1-7-8-19(35)17-13-31-34-10-9-20(33-24(17)34)32-15(2)21-22(29)18(28)11-16-12-27(6,37-23(16)21)14-30-25(36)38-26(3,4)5;1-12(29-16-6-7-31-20(30-16)14(10-28-31)21(32)33)17-18(26)15(25)8-13-9-24(5,35-19(13)17)11-27-22(34)36-23(2,3)4;1-4-5-16(32)14-10-27-31-7-6-17(29-21(14)31)28-12(2)18-19(24)15(23)8-13-9-22(3,11-26-30-25)33-20(13)18;1-6(15)9-10(14)8(13)3-7-4-12(2,5-17-18-16)19-11(7)9;1-2-15-9(14)6-5-11-13-4-3-7(10)12-8(6)13/h9-11,13,15H,7-8,12,14H2,1-6H3,(H,30,36)(H,32,33);6-8,10,12H,9,11H2,1-5H3,(H,27,34)(H,29,30)(H,32,33);6-8,10,12H,4-5,9,11H2,1-3H3,(H,28,29);3,6H,4-5,15H2,1-2H3;3-5H,2H2,1H3/t15-,27?;12-,24?;12-,22?;6-,12?;/m1111./s1. The molecular formula is C94H105ClF8N24O14. The number of hydrogen-bond acceptors (Lipinski definition) is 27. The smallest absolute Gasteiger partial charge is 0.407 e. The van der Waals surface area contributed by atoms with E-state index in [1.54, 1.807) is 141 Å². The fraction of sp³-hybridized carbons (Fsp3) is 0.426. The Kier molecular flexibility index (Phi) is 31.9. The number of nitrogens with one attached hydrogen (secondary N) is 5. The van der Waals surface area contributed by atoms with E-state index in [0.717, 1.165) is 24.3 Å². The third-order valence-electron chi connectivity index (χ3n) is 22.3. The molecule has 141 heavy (non-hydrogen) atoms. The lowest BCUT2D eigenvalue weighted by atomic mass is 9.96. The van der Waals surface area contributed by atoms with Crippen molar-refractivity contribution in [1.82, 2.24) is 69.0 Å². The number of fused-ring (bicyclic) bond motifs is 8. The van der Waals surface area contributed by atoms with Crippen LogP contribution in [0.4, 0.5) is 62.2 Å². The Morgan fingerprint density at radius 2 is 0.794 bits per heavy atom. The largest absolute Gasteiger partial charge is 0.486 e. The molecule has 12 heterocycles. The summed E-state index contributed by atoms with van der Waals surface area (Å²) in [7, 11) is 0. The highest BCUT2D eigenvalue weighted by molar-refractivity contribution is 6.29. The Bertz CT molecular complexity index is 6920. The number of azide groups is 2. The van der Waals surface area contributed by atoms with Crippen molar-refractivity contribution in [3.8, 4) is 23.0 Å². The van der Waals surface area contributed by atoms with Crippen molar-refractivity contribution >= 4 is 87.3 Å². The Hall–Kier alpha value is -14.9. The van der Waals surface area contributed by atoms with E-state index in [1.807, 2.05) is 13.8 Å². The number of anilines is 3. The highest BCUT2D eigenvalue weighted by Crippen LogP contribution is 2.48. The van der Waals surface area contributed by atoms with Crippen LogP contribution in [0.3, 0.4) is 0 Å². The number of carbonyl (C=O) groups is 6. The maximum Gasteiger partial charge on any atom is 0.407 e. The summed E-state index contributed by atoms with van der Waals surface area (Å²) >= 11 is 5.72. The molecular weight excluding hydrogens is 1880 g/mol. The highest BCUT2D eigenvalue weighted by atomic mass is 35.5. The van der Waals surface area contributed by atoms with Gasteiger partial charge in [0.15, 0.2) is 80.7 Å². The molecule has 4 aliphatic rings. The number of alkyl carbamates (subject to hydrolysis) is 2. The van der Waals surface area contributed by atoms with Gasteiger partial charge in [-0.3, -0.25) is 9.59 Å². The Labute approximate surface area is 806 Å². The number of rotatable bonds is 27. The van der Waals surface area contributed by atoms with Gasteiger partial charge in [-0.15, -0.1) is 0 Å². The van der Waals surface area contributed by atoms with Crippen LogP contribution in [0.15, 0.2) is 108 Å². The molecule has 0 saturated heterocycles. The Morgan fingerprint density at radius 3 is 1.12 bits per heavy atom. The van der Waals surface area contributed by atoms with Crippen LogP contribution in [0.5, 0.6) is 23.0 Å². The molecule has 0 spiro atoms. The lowest BCUT2D eigenvalue weighted by Gasteiger charge is -2.27. The molecule has 0 fully saturated rings. The molecule has 0 radical (unpaired) electrons. The van der Waals surface area contributed by atoms with E-state index in [2.05, 4.69) is 87.0 Å². The van der Waals surface area contributed by atoms with Crippen molar-refractivity contribution in [2.24, 2.45) is 16.0 Å². The number of carboxylic acids is 1. The third-order valence-corrected chi connectivity index (χ3v) is 22.5. The molecule has 0 saturated carbocycles. The molecule has 8 aromatic heterocycles. The molecule has 0 aliphatic carbocycles. The first-order chi connectivity index (χ1) is 66.4. The van der Waals surface area contributed by atoms with Gasteiger partial charge in [0.05, 0.1) is 104 Å². The Morgan fingerprint density at radius 1 is 0.489 bits per heavy atom. The fourth-order valence-corrected chi connectivity index (χ4v) is 16.3. The van der Waals surface area contributed by atoms with Gasteiger partial charge >= 0.3 is 24.1 Å². The number of halogens is 9. The van der Waals surface area contributed by atoms with Crippen molar-refractivity contribution in [2.75, 3.05) is 48.7 Å². The minimum atomic E-state index is -1.19. The number of aromatic nitrogens is 12. The number of ketones is 2. The van der Waals surface area contributed by atoms with Crippen LogP contribution in [-0.2, 0) is 39.9 Å². The van der Waals surface area contributed by atoms with Crippen molar-refractivity contribution in [2.45, 2.75) is 227 Å². The number of amides is 2. The SMILES string of the molecule is CCCC(=O)c1cnn2ccc(N[C@H](C)c3c(F)c(F)cc4c3OC(C)(CN=[N+]=[N-])C4)nc12.CCCC(=O)c1cnn2ccc(N[C@H](C)c3c(F)c(F)cc4c3OC(C)(CNC(=O)OC(C)(C)C)C4)nc12.CCOC(=O)c1cnn2ccc(Cl)nc12.C[C@@H](N)c1c(F)c(F)cc2c1OC(C)(CN=[N+]=[N-])C2.C[C@@H](Nc1ccn2ncc(C(=O)O)c2n1)c1c(F)c(F)cc2c1OC(C)(CNC(=O)OC(C)(C)C)C2. The highest BCUT2D eigenvalue weighted by Gasteiger charge is 2.45. The van der Waals surface area contributed by atoms with Crippen LogP contribution >= 0.6 is 11.6 Å². The number of benzene rings is 4. The number of carbonyl (C=O) groups excluding carboxylic acids is 5. The quantitative estimate of drug-likeness (QED) is 0.00367. The minimum absolute atomic E-state index is 0.0125. The van der Waals surface area contributed by atoms with E-state index in [1.165, 1.54) is 55.1 Å². The predicted octanol–water partition coefficient (Wildman–Crippen LogP) is 19.2. The summed E-state index contributed by atoms with van der Waals surface area (Å²) in [6.45, 7) is 30.0. The maximum atomic E-state index is 15.2. The summed E-state index contributed by atoms with van der Waals surface area (Å²) in [5.74, 6) is -7.95. The minimum Gasteiger partial charge on any atom is -0.486 e. The first-order valence-electron chi connectivity index (χ1n) is 44.7. The third kappa shape index (κ3) is 24.5. The number of carboxylic acid groups (broad SMARTS) is 1. The van der Waals surface area contributed by atoms with Crippen molar-refractivity contribution < 1.29 is 102 Å². The van der Waals surface area contributed by atoms with Gasteiger partial charge in [-0.2, -0.15) is 20.4 Å². The molecule has 0 bridgehead atoms. The summed E-state index contributed by atoms with van der Waals surface area (Å²) in [6.07, 6.45) is 14.0. The molecule has 4 aliphatic heterocycles. The molecule has 16 rings (SSSR count). The zero-order chi connectivity index (χ0) is 103. The van der Waals surface area contributed by atoms with Crippen LogP contribution in [0, 0.1) is 46.5 Å². The molecule has 38 nitrogen and oxygen atoms in total. The van der Waals surface area contributed by atoms with E-state index in [0.29, 0.717) is 111 Å². The fourth-order valence-electron chi connectivity index (χ4n) is 16.1. The van der Waals surface area contributed by atoms with Gasteiger partial charge in [0.1, 0.15) is 90.3 Å².